The largest absolute Gasteiger partial charge is 0.387 e. The zero-order chi connectivity index (χ0) is 20.7. The lowest BCUT2D eigenvalue weighted by Crippen LogP contribution is -2.45. The summed E-state index contributed by atoms with van der Waals surface area (Å²) >= 11 is 0. The first-order chi connectivity index (χ1) is 13.3. The van der Waals surface area contributed by atoms with Crippen LogP contribution in [0, 0.1) is 17.3 Å². The Morgan fingerprint density at radius 1 is 1.46 bits per heavy atom. The lowest BCUT2D eigenvalue weighted by atomic mass is 9.81. The normalized spacial score (nSPS) is 23.0. The minimum atomic E-state index is -0.748. The summed E-state index contributed by atoms with van der Waals surface area (Å²) in [4.78, 5) is 21.7. The highest BCUT2D eigenvalue weighted by Gasteiger charge is 2.30. The molecule has 0 aromatic carbocycles. The van der Waals surface area contributed by atoms with Crippen LogP contribution in [0.5, 0.6) is 0 Å². The van der Waals surface area contributed by atoms with Gasteiger partial charge in [-0.15, -0.1) is 0 Å². The van der Waals surface area contributed by atoms with Crippen LogP contribution < -0.4 is 16.4 Å². The summed E-state index contributed by atoms with van der Waals surface area (Å²) in [5.74, 6) is -1.44. The fourth-order valence-corrected chi connectivity index (χ4v) is 3.36. The fourth-order valence-electron chi connectivity index (χ4n) is 3.36. The Morgan fingerprint density at radius 2 is 2.21 bits per heavy atom. The highest BCUT2D eigenvalue weighted by Crippen LogP contribution is 2.26. The van der Waals surface area contributed by atoms with Crippen molar-refractivity contribution in [1.82, 2.24) is 15.2 Å². The van der Waals surface area contributed by atoms with E-state index in [4.69, 9.17) is 11.1 Å². The minimum Gasteiger partial charge on any atom is -0.387 e. The number of amidine groups is 1. The van der Waals surface area contributed by atoms with Gasteiger partial charge in [0.2, 0.25) is 5.95 Å². The molecule has 2 rings (SSSR count). The Hall–Kier alpha value is -2.81. The summed E-state index contributed by atoms with van der Waals surface area (Å²) < 4.78 is 13.2. The first kappa shape index (κ1) is 21.5. The Morgan fingerprint density at radius 3 is 2.82 bits per heavy atom. The van der Waals surface area contributed by atoms with E-state index in [1.165, 1.54) is 18.5 Å². The molecule has 1 fully saturated rings. The molecule has 0 spiro atoms. The van der Waals surface area contributed by atoms with E-state index < -0.39 is 11.9 Å². The molecule has 0 aliphatic heterocycles. The number of hydrogen-bond donors (Lipinski definition) is 4. The van der Waals surface area contributed by atoms with Gasteiger partial charge in [0, 0.05) is 55.4 Å². The van der Waals surface area contributed by atoms with Crippen LogP contribution in [-0.4, -0.2) is 61.1 Å². The fraction of sp³-hybridized carbons (Fsp3) is 0.474. The van der Waals surface area contributed by atoms with Gasteiger partial charge in [-0.2, -0.15) is 4.39 Å². The third kappa shape index (κ3) is 5.85. The van der Waals surface area contributed by atoms with Crippen LogP contribution in [0.3, 0.4) is 0 Å². The maximum Gasteiger partial charge on any atom is 0.253 e. The van der Waals surface area contributed by atoms with Gasteiger partial charge in [-0.1, -0.05) is 0 Å². The number of anilines is 1. The van der Waals surface area contributed by atoms with Crippen molar-refractivity contribution in [2.75, 3.05) is 26.5 Å². The van der Waals surface area contributed by atoms with E-state index in [9.17, 15) is 9.18 Å². The molecule has 0 radical (unpaired) electrons. The number of rotatable bonds is 7. The number of carbonyl (C=O) groups is 1. The number of pyridine rings is 1. The topological polar surface area (TPSA) is 119 Å². The molecule has 8 nitrogen and oxygen atoms in total. The van der Waals surface area contributed by atoms with Crippen molar-refractivity contribution in [1.29, 1.82) is 5.41 Å². The van der Waals surface area contributed by atoms with E-state index in [2.05, 4.69) is 39.6 Å². The third-order valence-electron chi connectivity index (χ3n) is 4.92. The molecule has 3 atom stereocenters. The number of carbonyl (C=O) groups excluding carboxylic acids is 1. The summed E-state index contributed by atoms with van der Waals surface area (Å²) in [6.07, 6.45) is 7.53. The van der Waals surface area contributed by atoms with Gasteiger partial charge in [0.15, 0.2) is 0 Å². The minimum absolute atomic E-state index is 0.0147. The molecule has 1 unspecified atom stereocenters. The number of primary amides is 1. The standard InChI is InChI=1S/C19H28FN7O/c1-23-10-12-8-14(27(2)3)4-5-16(12)25-11-15(19(22)28)18(21)26-13-6-7-24-17(20)9-13/h6-7,9-12,14,16,25H,4-5,8H2,1-3H3,(H2,22,28)(H2,21,24,26)/b15-11+,23-10-/t12?,14-,16-/m0/s1. The van der Waals surface area contributed by atoms with Gasteiger partial charge >= 0.3 is 0 Å². The molecule has 1 heterocycles. The van der Waals surface area contributed by atoms with E-state index >= 15 is 0 Å². The summed E-state index contributed by atoms with van der Waals surface area (Å²) in [6.45, 7) is 0. The lowest BCUT2D eigenvalue weighted by molar-refractivity contribution is -0.114. The number of nitrogens with zero attached hydrogens (tertiary/aromatic N) is 3. The molecule has 1 aliphatic carbocycles. The van der Waals surface area contributed by atoms with Crippen LogP contribution in [0.25, 0.3) is 0 Å². The van der Waals surface area contributed by atoms with Crippen LogP contribution in [0.4, 0.5) is 10.1 Å². The molecule has 1 amide bonds. The average molecular weight is 389 g/mol. The highest BCUT2D eigenvalue weighted by atomic mass is 19.1. The zero-order valence-electron chi connectivity index (χ0n) is 16.4. The number of nitrogens with one attached hydrogen (secondary N) is 3. The van der Waals surface area contributed by atoms with Gasteiger partial charge in [-0.05, 0) is 39.4 Å². The quantitative estimate of drug-likeness (QED) is 0.243. The van der Waals surface area contributed by atoms with Crippen molar-refractivity contribution in [3.05, 3.63) is 36.1 Å². The maximum atomic E-state index is 13.2. The lowest BCUT2D eigenvalue weighted by Gasteiger charge is -2.37. The van der Waals surface area contributed by atoms with Gasteiger partial charge in [0.1, 0.15) is 5.84 Å². The molecular formula is C19H28FN7O. The predicted molar refractivity (Wildman–Crippen MR) is 109 cm³/mol. The Balaban J connectivity index is 2.10. The molecule has 1 aliphatic rings. The average Bonchev–Trinajstić information content (AvgIpc) is 2.62. The first-order valence-corrected chi connectivity index (χ1v) is 9.14. The molecule has 0 saturated heterocycles. The SMILES string of the molecule is C/N=C\C1C[C@@H](N(C)C)CC[C@@H]1N/C=C(\C(=N)Nc1ccnc(F)c1)C(N)=O. The summed E-state index contributed by atoms with van der Waals surface area (Å²) in [5, 5.41) is 14.0. The highest BCUT2D eigenvalue weighted by molar-refractivity contribution is 6.23. The van der Waals surface area contributed by atoms with Crippen molar-refractivity contribution in [3.8, 4) is 0 Å². The summed E-state index contributed by atoms with van der Waals surface area (Å²) in [5.41, 5.74) is 5.74. The summed E-state index contributed by atoms with van der Waals surface area (Å²) in [6, 6.07) is 3.19. The number of aromatic nitrogens is 1. The maximum absolute atomic E-state index is 13.2. The van der Waals surface area contributed by atoms with Gasteiger partial charge in [0.25, 0.3) is 5.91 Å². The number of nitrogens with two attached hydrogens (primary N) is 1. The van der Waals surface area contributed by atoms with Crippen LogP contribution in [0.1, 0.15) is 19.3 Å². The van der Waals surface area contributed by atoms with E-state index in [0.29, 0.717) is 11.7 Å². The Kier molecular flexibility index (Phi) is 7.62. The molecule has 5 N–H and O–H groups in total. The second kappa shape index (κ2) is 9.93. The van der Waals surface area contributed by atoms with Crippen LogP contribution in [0.2, 0.25) is 0 Å². The smallest absolute Gasteiger partial charge is 0.253 e. The monoisotopic (exact) mass is 389 g/mol. The second-order valence-electron chi connectivity index (χ2n) is 7.06. The molecule has 1 saturated carbocycles. The van der Waals surface area contributed by atoms with Gasteiger partial charge in [-0.3, -0.25) is 10.2 Å². The van der Waals surface area contributed by atoms with Crippen molar-refractivity contribution in [2.24, 2.45) is 16.6 Å². The van der Waals surface area contributed by atoms with E-state index in [1.807, 2.05) is 6.21 Å². The van der Waals surface area contributed by atoms with Gasteiger partial charge in [-0.25, -0.2) is 4.98 Å². The van der Waals surface area contributed by atoms with Crippen LogP contribution in [-0.2, 0) is 4.79 Å². The van der Waals surface area contributed by atoms with E-state index in [0.717, 1.165) is 25.3 Å². The molecule has 1 aromatic heterocycles. The molecule has 9 heteroatoms. The molecule has 0 bridgehead atoms. The molecule has 1 aromatic rings. The van der Waals surface area contributed by atoms with E-state index in [-0.39, 0.29) is 23.4 Å². The van der Waals surface area contributed by atoms with Crippen molar-refractivity contribution in [3.63, 3.8) is 0 Å². The van der Waals surface area contributed by atoms with Crippen molar-refractivity contribution in [2.45, 2.75) is 31.3 Å². The molecule has 152 valence electrons. The molecule has 28 heavy (non-hydrogen) atoms. The predicted octanol–water partition coefficient (Wildman–Crippen LogP) is 1.37. The number of amides is 1. The van der Waals surface area contributed by atoms with Crippen molar-refractivity contribution >= 4 is 23.6 Å². The van der Waals surface area contributed by atoms with Crippen LogP contribution >= 0.6 is 0 Å². The second-order valence-corrected chi connectivity index (χ2v) is 7.06. The first-order valence-electron chi connectivity index (χ1n) is 9.14. The Labute approximate surface area is 164 Å². The number of halogens is 1. The van der Waals surface area contributed by atoms with Crippen molar-refractivity contribution < 1.29 is 9.18 Å². The third-order valence-corrected chi connectivity index (χ3v) is 4.92. The zero-order valence-corrected chi connectivity index (χ0v) is 16.4. The van der Waals surface area contributed by atoms with Gasteiger partial charge < -0.3 is 26.3 Å². The summed E-state index contributed by atoms with van der Waals surface area (Å²) in [7, 11) is 5.88. The number of aliphatic imine (C=N–C) groups is 1. The number of hydrogen-bond acceptors (Lipinski definition) is 6. The van der Waals surface area contributed by atoms with E-state index in [1.54, 1.807) is 7.05 Å². The molecular weight excluding hydrogens is 361 g/mol. The Bertz CT molecular complexity index is 762. The van der Waals surface area contributed by atoms with Gasteiger partial charge in [0.05, 0.1) is 5.57 Å². The van der Waals surface area contributed by atoms with Crippen LogP contribution in [0.15, 0.2) is 35.1 Å².